The van der Waals surface area contributed by atoms with Crippen LogP contribution in [0, 0.1) is 13.8 Å². The Kier molecular flexibility index (Phi) is 7.27. The average Bonchev–Trinajstić information content (AvgIpc) is 3.60. The van der Waals surface area contributed by atoms with E-state index in [0.29, 0.717) is 23.6 Å². The maximum absolute atomic E-state index is 13.3. The number of fused-ring (bicyclic) bond motifs is 1. The molecule has 0 fully saturated rings. The Morgan fingerprint density at radius 1 is 1.00 bits per heavy atom. The molecule has 0 saturated carbocycles. The molecule has 2 aromatic heterocycles. The van der Waals surface area contributed by atoms with Crippen molar-refractivity contribution in [3.63, 3.8) is 0 Å². The van der Waals surface area contributed by atoms with Crippen LogP contribution < -0.4 is 14.9 Å². The zero-order valence-corrected chi connectivity index (χ0v) is 21.8. The summed E-state index contributed by atoms with van der Waals surface area (Å²) in [6.07, 6.45) is 2.90. The van der Waals surface area contributed by atoms with Crippen molar-refractivity contribution in [2.75, 3.05) is 6.61 Å². The lowest BCUT2D eigenvalue weighted by molar-refractivity contribution is 0.0695. The minimum Gasteiger partial charge on any atom is -0.490 e. The zero-order valence-electron chi connectivity index (χ0n) is 21.8. The van der Waals surface area contributed by atoms with Crippen molar-refractivity contribution in [2.45, 2.75) is 20.8 Å². The van der Waals surface area contributed by atoms with Crippen LogP contribution in [0.2, 0.25) is 0 Å². The fraction of sp³-hybridized carbons (Fsp3) is 0.129. The predicted octanol–water partition coefficient (Wildman–Crippen LogP) is 6.43. The van der Waals surface area contributed by atoms with Crippen molar-refractivity contribution >= 4 is 29.0 Å². The van der Waals surface area contributed by atoms with E-state index in [-0.39, 0.29) is 17.4 Å². The monoisotopic (exact) mass is 521 g/mol. The van der Waals surface area contributed by atoms with Crippen LogP contribution in [0.4, 0.5) is 0 Å². The van der Waals surface area contributed by atoms with Crippen LogP contribution in [0.1, 0.15) is 44.7 Å². The van der Waals surface area contributed by atoms with Gasteiger partial charge < -0.3 is 18.9 Å². The van der Waals surface area contributed by atoms with Gasteiger partial charge in [0.15, 0.2) is 11.5 Å². The van der Waals surface area contributed by atoms with Crippen molar-refractivity contribution < 1.29 is 23.5 Å². The van der Waals surface area contributed by atoms with Crippen molar-refractivity contribution in [3.05, 3.63) is 107 Å². The number of carbonyl (C=O) groups is 2. The number of carbonyl (C=O) groups excluding carboxylic acids is 2. The van der Waals surface area contributed by atoms with Gasteiger partial charge in [0, 0.05) is 16.5 Å². The molecular weight excluding hydrogens is 494 g/mol. The predicted molar refractivity (Wildman–Crippen MR) is 150 cm³/mol. The second-order valence-corrected chi connectivity index (χ2v) is 8.95. The molecule has 2 heterocycles. The fourth-order valence-corrected chi connectivity index (χ4v) is 4.45. The molecule has 39 heavy (non-hydrogen) atoms. The Bertz CT molecular complexity index is 1670. The number of esters is 1. The maximum atomic E-state index is 13.3. The summed E-state index contributed by atoms with van der Waals surface area (Å²) < 4.78 is 16.2. The number of furan rings is 1. The fourth-order valence-electron chi connectivity index (χ4n) is 4.45. The van der Waals surface area contributed by atoms with E-state index >= 15 is 0 Å². The lowest BCUT2D eigenvalue weighted by Gasteiger charge is -2.10. The van der Waals surface area contributed by atoms with E-state index in [1.54, 1.807) is 24.3 Å². The highest BCUT2D eigenvalue weighted by molar-refractivity contribution is 6.10. The summed E-state index contributed by atoms with van der Waals surface area (Å²) in [4.78, 5) is 28.9. The number of ether oxygens (including phenoxy) is 2. The first kappa shape index (κ1) is 25.5. The molecule has 196 valence electrons. The number of benzene rings is 3. The number of aromatic amines is 1. The third-order valence-electron chi connectivity index (χ3n) is 6.11. The summed E-state index contributed by atoms with van der Waals surface area (Å²) in [5.74, 6) is -0.306. The Morgan fingerprint density at radius 3 is 2.56 bits per heavy atom. The number of H-pyrrole nitrogens is 1. The topological polar surface area (TPSA) is 106 Å². The number of amides is 1. The Hall–Kier alpha value is -5.11. The van der Waals surface area contributed by atoms with Gasteiger partial charge in [-0.1, -0.05) is 42.0 Å². The quantitative estimate of drug-likeness (QED) is 0.106. The highest BCUT2D eigenvalue weighted by Gasteiger charge is 2.20. The van der Waals surface area contributed by atoms with E-state index in [1.807, 2.05) is 51.1 Å². The van der Waals surface area contributed by atoms with Gasteiger partial charge >= 0.3 is 5.97 Å². The second-order valence-electron chi connectivity index (χ2n) is 8.95. The standard InChI is InChI=1S/C31H27N3O5/c1-4-37-26-17-21(12-13-24(26)39-31(36)25-11-8-14-38-25)18-32-34-30(35)29-27(22-9-6-5-7-10-22)23-16-19(2)15-20(3)28(23)33-29/h5-18,33H,4H2,1-3H3,(H,34,35). The highest BCUT2D eigenvalue weighted by atomic mass is 16.6. The van der Waals surface area contributed by atoms with Crippen LogP contribution in [0.15, 0.2) is 88.6 Å². The SMILES string of the molecule is CCOc1cc(C=NNC(=O)c2[nH]c3c(C)cc(C)cc3c2-c2ccccc2)ccc1OC(=O)c1ccco1. The highest BCUT2D eigenvalue weighted by Crippen LogP contribution is 2.35. The van der Waals surface area contributed by atoms with Gasteiger partial charge in [-0.05, 0) is 73.9 Å². The summed E-state index contributed by atoms with van der Waals surface area (Å²) in [5.41, 5.74) is 8.54. The number of nitrogens with one attached hydrogen (secondary N) is 2. The third-order valence-corrected chi connectivity index (χ3v) is 6.11. The minimum absolute atomic E-state index is 0.0861. The van der Waals surface area contributed by atoms with Gasteiger partial charge in [-0.3, -0.25) is 4.79 Å². The number of aryl methyl sites for hydroxylation is 2. The Labute approximate surface area is 225 Å². The maximum Gasteiger partial charge on any atom is 0.379 e. The van der Waals surface area contributed by atoms with Crippen LogP contribution in [0.3, 0.4) is 0 Å². The molecular formula is C31H27N3O5. The average molecular weight is 522 g/mol. The van der Waals surface area contributed by atoms with Gasteiger partial charge in [0.2, 0.25) is 5.76 Å². The number of hydrazone groups is 1. The summed E-state index contributed by atoms with van der Waals surface area (Å²) in [6, 6.07) is 22.1. The van der Waals surface area contributed by atoms with E-state index in [0.717, 1.165) is 33.2 Å². The molecule has 3 aromatic carbocycles. The van der Waals surface area contributed by atoms with Crippen LogP contribution in [-0.4, -0.2) is 29.7 Å². The lowest BCUT2D eigenvalue weighted by Crippen LogP contribution is -2.19. The Balaban J connectivity index is 1.39. The van der Waals surface area contributed by atoms with Gasteiger partial charge in [0.1, 0.15) is 5.69 Å². The molecule has 0 spiro atoms. The number of hydrogen-bond donors (Lipinski definition) is 2. The van der Waals surface area contributed by atoms with E-state index in [9.17, 15) is 9.59 Å². The van der Waals surface area contributed by atoms with Gasteiger partial charge in [-0.25, -0.2) is 10.2 Å². The minimum atomic E-state index is -0.632. The molecule has 2 N–H and O–H groups in total. The number of aromatic nitrogens is 1. The summed E-state index contributed by atoms with van der Waals surface area (Å²) in [6.45, 7) is 6.25. The van der Waals surface area contributed by atoms with Crippen LogP contribution in [0.25, 0.3) is 22.0 Å². The number of nitrogens with zero attached hydrogens (tertiary/aromatic N) is 1. The third kappa shape index (κ3) is 5.45. The summed E-state index contributed by atoms with van der Waals surface area (Å²) in [7, 11) is 0. The van der Waals surface area contributed by atoms with E-state index in [4.69, 9.17) is 13.9 Å². The molecule has 0 radical (unpaired) electrons. The van der Waals surface area contributed by atoms with Crippen molar-refractivity contribution in [2.24, 2.45) is 5.10 Å². The van der Waals surface area contributed by atoms with Crippen LogP contribution >= 0.6 is 0 Å². The zero-order chi connectivity index (χ0) is 27.4. The molecule has 0 atom stereocenters. The number of hydrogen-bond acceptors (Lipinski definition) is 6. The van der Waals surface area contributed by atoms with Crippen LogP contribution in [0.5, 0.6) is 11.5 Å². The van der Waals surface area contributed by atoms with E-state index in [2.05, 4.69) is 27.6 Å². The molecule has 0 saturated heterocycles. The lowest BCUT2D eigenvalue weighted by atomic mass is 9.99. The molecule has 8 heteroatoms. The molecule has 8 nitrogen and oxygen atoms in total. The molecule has 0 aliphatic heterocycles. The van der Waals surface area contributed by atoms with Gasteiger partial charge in [0.25, 0.3) is 5.91 Å². The van der Waals surface area contributed by atoms with Gasteiger partial charge in [-0.15, -0.1) is 0 Å². The van der Waals surface area contributed by atoms with Crippen molar-refractivity contribution in [1.82, 2.24) is 10.4 Å². The molecule has 0 unspecified atom stereocenters. The smallest absolute Gasteiger partial charge is 0.379 e. The normalized spacial score (nSPS) is 11.2. The molecule has 0 aliphatic carbocycles. The molecule has 1 amide bonds. The van der Waals surface area contributed by atoms with Crippen LogP contribution in [-0.2, 0) is 0 Å². The van der Waals surface area contributed by atoms with E-state index in [1.165, 1.54) is 18.5 Å². The van der Waals surface area contributed by atoms with Crippen molar-refractivity contribution in [1.29, 1.82) is 0 Å². The molecule has 0 bridgehead atoms. The molecule has 5 aromatic rings. The molecule has 0 aliphatic rings. The Morgan fingerprint density at radius 2 is 1.82 bits per heavy atom. The van der Waals surface area contributed by atoms with Gasteiger partial charge in [0.05, 0.1) is 19.1 Å². The summed E-state index contributed by atoms with van der Waals surface area (Å²) in [5, 5.41) is 5.15. The van der Waals surface area contributed by atoms with Crippen molar-refractivity contribution in [3.8, 4) is 22.6 Å². The largest absolute Gasteiger partial charge is 0.490 e. The second kappa shape index (κ2) is 11.1. The first-order chi connectivity index (χ1) is 18.9. The molecule has 5 rings (SSSR count). The first-order valence-corrected chi connectivity index (χ1v) is 12.5. The van der Waals surface area contributed by atoms with E-state index < -0.39 is 5.97 Å². The first-order valence-electron chi connectivity index (χ1n) is 12.5. The number of rotatable bonds is 8. The van der Waals surface area contributed by atoms with Gasteiger partial charge in [-0.2, -0.15) is 5.10 Å². The summed E-state index contributed by atoms with van der Waals surface area (Å²) >= 11 is 0.